The van der Waals surface area contributed by atoms with Crippen molar-refractivity contribution in [2.75, 3.05) is 6.54 Å². The molecular weight excluding hydrogens is 236 g/mol. The van der Waals surface area contributed by atoms with E-state index in [4.69, 9.17) is 0 Å². The van der Waals surface area contributed by atoms with Crippen LogP contribution in [0.3, 0.4) is 0 Å². The average molecular weight is 256 g/mol. The average Bonchev–Trinajstić information content (AvgIpc) is 2.47. The summed E-state index contributed by atoms with van der Waals surface area (Å²) in [6, 6.07) is 12.3. The molecule has 0 aliphatic carbocycles. The van der Waals surface area contributed by atoms with Crippen LogP contribution in [-0.4, -0.2) is 22.6 Å². The summed E-state index contributed by atoms with van der Waals surface area (Å²) in [4.78, 5) is 8.56. The first kappa shape index (κ1) is 13.6. The number of aromatic nitrogens is 2. The number of rotatable bonds is 7. The van der Waals surface area contributed by atoms with Crippen molar-refractivity contribution in [1.29, 1.82) is 0 Å². The molecule has 0 aliphatic heterocycles. The van der Waals surface area contributed by atoms with Gasteiger partial charge in [-0.25, -0.2) is 0 Å². The number of nitrogens with one attached hydrogen (secondary N) is 2. The second kappa shape index (κ2) is 7.61. The van der Waals surface area contributed by atoms with Crippen LogP contribution in [0.4, 0.5) is 0 Å². The van der Waals surface area contributed by atoms with Crippen LogP contribution in [0, 0.1) is 0 Å². The Morgan fingerprint density at radius 2 is 1.58 bits per heavy atom. The van der Waals surface area contributed by atoms with Crippen molar-refractivity contribution in [3.05, 3.63) is 60.2 Å². The van der Waals surface area contributed by atoms with Crippen LogP contribution in [0.15, 0.2) is 48.8 Å². The van der Waals surface area contributed by atoms with Gasteiger partial charge >= 0.3 is 0 Å². The van der Waals surface area contributed by atoms with Crippen LogP contribution < -0.4 is 10.6 Å². The van der Waals surface area contributed by atoms with Crippen molar-refractivity contribution in [3.8, 4) is 0 Å². The molecule has 19 heavy (non-hydrogen) atoms. The zero-order valence-electron chi connectivity index (χ0n) is 11.2. The lowest BCUT2D eigenvalue weighted by Crippen LogP contribution is -2.35. The van der Waals surface area contributed by atoms with E-state index in [1.807, 2.05) is 48.8 Å². The van der Waals surface area contributed by atoms with E-state index in [9.17, 15) is 0 Å². The topological polar surface area (TPSA) is 49.8 Å². The number of nitrogens with zero attached hydrogens (tertiary/aromatic N) is 2. The molecule has 0 saturated carbocycles. The zero-order chi connectivity index (χ0) is 13.3. The molecule has 0 fully saturated rings. The molecule has 1 atom stereocenters. The Balaban J connectivity index is 1.64. The summed E-state index contributed by atoms with van der Waals surface area (Å²) in [5.74, 6) is 0. The SMILES string of the molecule is C[C@@H](CNCc1ccccn1)NCc1ccccn1. The highest BCUT2D eigenvalue weighted by Gasteiger charge is 2.01. The molecule has 0 aliphatic rings. The third-order valence-electron chi connectivity index (χ3n) is 2.84. The van der Waals surface area contributed by atoms with Gasteiger partial charge in [0.1, 0.15) is 0 Å². The molecule has 0 amide bonds. The Hall–Kier alpha value is -1.78. The van der Waals surface area contributed by atoms with Gasteiger partial charge < -0.3 is 10.6 Å². The summed E-state index contributed by atoms with van der Waals surface area (Å²) in [6.45, 7) is 4.67. The van der Waals surface area contributed by atoms with Crippen molar-refractivity contribution in [2.45, 2.75) is 26.1 Å². The summed E-state index contributed by atoms with van der Waals surface area (Å²) in [5, 5.41) is 6.83. The maximum atomic E-state index is 4.29. The fourth-order valence-electron chi connectivity index (χ4n) is 1.77. The van der Waals surface area contributed by atoms with E-state index in [-0.39, 0.29) is 0 Å². The largest absolute Gasteiger partial charge is 0.310 e. The minimum atomic E-state index is 0.394. The first-order valence-corrected chi connectivity index (χ1v) is 6.58. The van der Waals surface area contributed by atoms with Gasteiger partial charge in [-0.2, -0.15) is 0 Å². The molecule has 2 N–H and O–H groups in total. The Morgan fingerprint density at radius 3 is 2.16 bits per heavy atom. The van der Waals surface area contributed by atoms with Crippen molar-refractivity contribution < 1.29 is 0 Å². The van der Waals surface area contributed by atoms with Crippen LogP contribution in [0.25, 0.3) is 0 Å². The molecule has 2 aromatic heterocycles. The molecule has 0 unspecified atom stereocenters. The molecule has 4 heteroatoms. The summed E-state index contributed by atoms with van der Waals surface area (Å²) < 4.78 is 0. The predicted molar refractivity (Wildman–Crippen MR) is 76.5 cm³/mol. The molecule has 2 heterocycles. The maximum Gasteiger partial charge on any atom is 0.0541 e. The van der Waals surface area contributed by atoms with E-state index in [2.05, 4.69) is 27.5 Å². The van der Waals surface area contributed by atoms with Crippen molar-refractivity contribution >= 4 is 0 Å². The van der Waals surface area contributed by atoms with Crippen LogP contribution in [0.1, 0.15) is 18.3 Å². The number of hydrogen-bond donors (Lipinski definition) is 2. The van der Waals surface area contributed by atoms with Gasteiger partial charge in [0.25, 0.3) is 0 Å². The summed E-state index contributed by atoms with van der Waals surface area (Å²) >= 11 is 0. The van der Waals surface area contributed by atoms with Gasteiger partial charge in [-0.15, -0.1) is 0 Å². The van der Waals surface area contributed by atoms with E-state index in [1.54, 1.807) is 0 Å². The van der Waals surface area contributed by atoms with Gasteiger partial charge in [-0.1, -0.05) is 12.1 Å². The zero-order valence-corrected chi connectivity index (χ0v) is 11.2. The summed E-state index contributed by atoms with van der Waals surface area (Å²) in [7, 11) is 0. The third-order valence-corrected chi connectivity index (χ3v) is 2.84. The lowest BCUT2D eigenvalue weighted by molar-refractivity contribution is 0.496. The molecule has 0 spiro atoms. The van der Waals surface area contributed by atoms with Crippen LogP contribution in [-0.2, 0) is 13.1 Å². The van der Waals surface area contributed by atoms with E-state index in [0.717, 1.165) is 31.0 Å². The highest BCUT2D eigenvalue weighted by molar-refractivity contribution is 5.04. The van der Waals surface area contributed by atoms with Gasteiger partial charge in [-0.3, -0.25) is 9.97 Å². The molecule has 100 valence electrons. The van der Waals surface area contributed by atoms with Crippen LogP contribution in [0.2, 0.25) is 0 Å². The Morgan fingerprint density at radius 1 is 0.947 bits per heavy atom. The molecular formula is C15H20N4. The molecule has 0 aromatic carbocycles. The molecule has 2 aromatic rings. The second-order valence-corrected chi connectivity index (χ2v) is 4.55. The fourth-order valence-corrected chi connectivity index (χ4v) is 1.77. The molecule has 0 saturated heterocycles. The first-order chi connectivity index (χ1) is 9.34. The Labute approximate surface area is 114 Å². The normalized spacial score (nSPS) is 12.3. The van der Waals surface area contributed by atoms with Crippen LogP contribution in [0.5, 0.6) is 0 Å². The van der Waals surface area contributed by atoms with Gasteiger partial charge in [-0.05, 0) is 31.2 Å². The Kier molecular flexibility index (Phi) is 5.47. The minimum absolute atomic E-state index is 0.394. The molecule has 4 nitrogen and oxygen atoms in total. The van der Waals surface area contributed by atoms with E-state index >= 15 is 0 Å². The highest BCUT2D eigenvalue weighted by Crippen LogP contribution is 1.94. The third kappa shape index (κ3) is 5.16. The van der Waals surface area contributed by atoms with E-state index < -0.39 is 0 Å². The van der Waals surface area contributed by atoms with Crippen LogP contribution >= 0.6 is 0 Å². The van der Waals surface area contributed by atoms with Gasteiger partial charge in [0, 0.05) is 38.1 Å². The standard InChI is InChI=1S/C15H20N4/c1-13(19-12-15-7-3-5-9-18-15)10-16-11-14-6-2-4-8-17-14/h2-9,13,16,19H,10-12H2,1H3/t13-/m0/s1. The molecule has 0 radical (unpaired) electrons. The number of pyridine rings is 2. The molecule has 2 rings (SSSR count). The van der Waals surface area contributed by atoms with Gasteiger partial charge in [0.2, 0.25) is 0 Å². The number of hydrogen-bond acceptors (Lipinski definition) is 4. The quantitative estimate of drug-likeness (QED) is 0.792. The van der Waals surface area contributed by atoms with E-state index in [1.165, 1.54) is 0 Å². The maximum absolute atomic E-state index is 4.29. The van der Waals surface area contributed by atoms with Crippen molar-refractivity contribution in [3.63, 3.8) is 0 Å². The summed E-state index contributed by atoms with van der Waals surface area (Å²) in [6.07, 6.45) is 3.64. The smallest absolute Gasteiger partial charge is 0.0541 e. The molecule has 0 bridgehead atoms. The van der Waals surface area contributed by atoms with Crippen molar-refractivity contribution in [1.82, 2.24) is 20.6 Å². The van der Waals surface area contributed by atoms with Crippen molar-refractivity contribution in [2.24, 2.45) is 0 Å². The monoisotopic (exact) mass is 256 g/mol. The van der Waals surface area contributed by atoms with Gasteiger partial charge in [0.05, 0.1) is 11.4 Å². The minimum Gasteiger partial charge on any atom is -0.310 e. The fraction of sp³-hybridized carbons (Fsp3) is 0.333. The Bertz CT molecular complexity index is 458. The summed E-state index contributed by atoms with van der Waals surface area (Å²) in [5.41, 5.74) is 2.14. The first-order valence-electron chi connectivity index (χ1n) is 6.58. The predicted octanol–water partition coefficient (Wildman–Crippen LogP) is 1.74. The lowest BCUT2D eigenvalue weighted by atomic mass is 10.3. The lowest BCUT2D eigenvalue weighted by Gasteiger charge is -2.14. The van der Waals surface area contributed by atoms with E-state index in [0.29, 0.717) is 6.04 Å². The van der Waals surface area contributed by atoms with Gasteiger partial charge in [0.15, 0.2) is 0 Å². The second-order valence-electron chi connectivity index (χ2n) is 4.55. The highest BCUT2D eigenvalue weighted by atomic mass is 15.0.